The molecule has 1 aromatic rings. The summed E-state index contributed by atoms with van der Waals surface area (Å²) >= 11 is 1.92. The van der Waals surface area contributed by atoms with Gasteiger partial charge in [-0.15, -0.1) is 0 Å². The van der Waals surface area contributed by atoms with Crippen molar-refractivity contribution in [1.82, 2.24) is 9.97 Å². The van der Waals surface area contributed by atoms with Crippen LogP contribution in [0.1, 0.15) is 39.4 Å². The number of nitrogens with one attached hydrogen (secondary N) is 1. The molecule has 0 atom stereocenters. The van der Waals surface area contributed by atoms with Crippen molar-refractivity contribution in [2.75, 3.05) is 24.7 Å². The number of rotatable bonds is 8. The maximum atomic E-state index is 5.44. The van der Waals surface area contributed by atoms with Gasteiger partial charge in [0.15, 0.2) is 0 Å². The number of nitrogens with zero attached hydrogens (tertiary/aromatic N) is 2. The molecule has 1 heterocycles. The van der Waals surface area contributed by atoms with Crippen LogP contribution in [-0.2, 0) is 0 Å². The Morgan fingerprint density at radius 3 is 2.47 bits per heavy atom. The summed E-state index contributed by atoms with van der Waals surface area (Å²) in [7, 11) is 0. The van der Waals surface area contributed by atoms with E-state index in [0.29, 0.717) is 12.5 Å². The van der Waals surface area contributed by atoms with Gasteiger partial charge in [0.25, 0.3) is 0 Å². The van der Waals surface area contributed by atoms with Crippen molar-refractivity contribution in [3.63, 3.8) is 0 Å². The molecule has 1 rings (SSSR count). The Labute approximate surface area is 120 Å². The van der Waals surface area contributed by atoms with Crippen molar-refractivity contribution in [3.8, 4) is 5.88 Å². The average molecular weight is 283 g/mol. The van der Waals surface area contributed by atoms with Crippen molar-refractivity contribution in [1.29, 1.82) is 0 Å². The highest BCUT2D eigenvalue weighted by Crippen LogP contribution is 2.30. The summed E-state index contributed by atoms with van der Waals surface area (Å²) < 4.78 is 5.71. The summed E-state index contributed by atoms with van der Waals surface area (Å²) in [5, 5.41) is 3.43. The third kappa shape index (κ3) is 4.56. The van der Waals surface area contributed by atoms with Crippen molar-refractivity contribution in [3.05, 3.63) is 11.9 Å². The first-order valence-corrected chi connectivity index (χ1v) is 8.09. The first-order valence-electron chi connectivity index (χ1n) is 6.86. The number of hydrogen-bond acceptors (Lipinski definition) is 5. The molecule has 1 N–H and O–H groups in total. The second-order valence-corrected chi connectivity index (χ2v) is 5.79. The van der Waals surface area contributed by atoms with Gasteiger partial charge < -0.3 is 10.1 Å². The second-order valence-electron chi connectivity index (χ2n) is 4.52. The maximum absolute atomic E-state index is 5.44. The summed E-state index contributed by atoms with van der Waals surface area (Å²) in [5.74, 6) is 2.22. The van der Waals surface area contributed by atoms with Crippen LogP contribution in [0.15, 0.2) is 6.07 Å². The summed E-state index contributed by atoms with van der Waals surface area (Å²) in [6.07, 6.45) is 4.45. The highest BCUT2D eigenvalue weighted by atomic mass is 32.2. The lowest BCUT2D eigenvalue weighted by Gasteiger charge is -2.30. The minimum Gasteiger partial charge on any atom is -0.478 e. The van der Waals surface area contributed by atoms with Gasteiger partial charge in [-0.3, -0.25) is 0 Å². The van der Waals surface area contributed by atoms with E-state index in [2.05, 4.69) is 35.4 Å². The molecule has 4 nitrogen and oxygen atoms in total. The number of thioether (sulfide) groups is 1. The Hall–Kier alpha value is -0.970. The highest BCUT2D eigenvalue weighted by Gasteiger charge is 2.24. The van der Waals surface area contributed by atoms with Crippen molar-refractivity contribution >= 4 is 17.6 Å². The van der Waals surface area contributed by atoms with Crippen LogP contribution in [0, 0.1) is 6.92 Å². The minimum absolute atomic E-state index is 0.268. The van der Waals surface area contributed by atoms with Crippen LogP contribution in [0.25, 0.3) is 0 Å². The highest BCUT2D eigenvalue weighted by molar-refractivity contribution is 8.00. The fourth-order valence-electron chi connectivity index (χ4n) is 1.97. The molecule has 0 saturated heterocycles. The van der Waals surface area contributed by atoms with Gasteiger partial charge in [-0.2, -0.15) is 16.7 Å². The molecule has 0 aromatic carbocycles. The van der Waals surface area contributed by atoms with Gasteiger partial charge in [-0.05, 0) is 32.9 Å². The quantitative estimate of drug-likeness (QED) is 0.791. The fraction of sp³-hybridized carbons (Fsp3) is 0.714. The van der Waals surface area contributed by atoms with Gasteiger partial charge >= 0.3 is 0 Å². The Balaban J connectivity index is 2.76. The van der Waals surface area contributed by atoms with Gasteiger partial charge in [0, 0.05) is 17.4 Å². The van der Waals surface area contributed by atoms with Gasteiger partial charge in [0.2, 0.25) is 5.88 Å². The van der Waals surface area contributed by atoms with E-state index in [1.165, 1.54) is 0 Å². The number of aromatic nitrogens is 2. The molecule has 5 heteroatoms. The van der Waals surface area contributed by atoms with Gasteiger partial charge in [0.05, 0.1) is 6.61 Å². The molecule has 0 unspecified atom stereocenters. The summed E-state index contributed by atoms with van der Waals surface area (Å²) in [5.41, 5.74) is 0. The Morgan fingerprint density at radius 1 is 1.26 bits per heavy atom. The van der Waals surface area contributed by atoms with Crippen LogP contribution in [0.3, 0.4) is 0 Å². The molecule has 0 amide bonds. The lowest BCUT2D eigenvalue weighted by molar-refractivity contribution is 0.325. The largest absolute Gasteiger partial charge is 0.478 e. The summed E-state index contributed by atoms with van der Waals surface area (Å²) in [4.78, 5) is 8.66. The van der Waals surface area contributed by atoms with Crippen LogP contribution in [0.4, 0.5) is 5.82 Å². The second kappa shape index (κ2) is 7.58. The van der Waals surface area contributed by atoms with Gasteiger partial charge in [-0.25, -0.2) is 4.98 Å². The molecule has 0 aliphatic heterocycles. The molecule has 108 valence electrons. The lowest BCUT2D eigenvalue weighted by atomic mass is 10.0. The molecule has 0 spiro atoms. The molecule has 0 saturated carbocycles. The average Bonchev–Trinajstić information content (AvgIpc) is 2.41. The fourth-order valence-corrected chi connectivity index (χ4v) is 2.76. The predicted molar refractivity (Wildman–Crippen MR) is 83.3 cm³/mol. The zero-order chi connectivity index (χ0) is 14.3. The standard InChI is InChI=1S/C14H25N3OS/c1-6-14(7-2,19-5)10-15-12-9-13(18-8-3)17-11(4)16-12/h9H,6-8,10H2,1-5H3,(H,15,16,17). The van der Waals surface area contributed by atoms with Crippen LogP contribution in [0.2, 0.25) is 0 Å². The monoisotopic (exact) mass is 283 g/mol. The molecular formula is C14H25N3OS. The Kier molecular flexibility index (Phi) is 6.42. The topological polar surface area (TPSA) is 47.0 Å². The maximum Gasteiger partial charge on any atom is 0.218 e. The van der Waals surface area contributed by atoms with E-state index in [1.54, 1.807) is 0 Å². The SMILES string of the molecule is CCOc1cc(NCC(CC)(CC)SC)nc(C)n1. The number of hydrogen-bond donors (Lipinski definition) is 1. The Morgan fingerprint density at radius 2 is 1.95 bits per heavy atom. The third-order valence-corrected chi connectivity index (χ3v) is 5.01. The first kappa shape index (κ1) is 16.1. The van der Waals surface area contributed by atoms with Gasteiger partial charge in [0.1, 0.15) is 11.6 Å². The molecule has 0 radical (unpaired) electrons. The molecule has 0 bridgehead atoms. The minimum atomic E-state index is 0.268. The van der Waals surface area contributed by atoms with Crippen molar-refractivity contribution in [2.45, 2.75) is 45.3 Å². The summed E-state index contributed by atoms with van der Waals surface area (Å²) in [6.45, 7) is 9.83. The van der Waals surface area contributed by atoms with Crippen LogP contribution in [0.5, 0.6) is 5.88 Å². The molecule has 0 aliphatic rings. The summed E-state index contributed by atoms with van der Waals surface area (Å²) in [6, 6.07) is 1.87. The lowest BCUT2D eigenvalue weighted by Crippen LogP contribution is -2.32. The van der Waals surface area contributed by atoms with E-state index < -0.39 is 0 Å². The smallest absolute Gasteiger partial charge is 0.218 e. The molecule has 0 aliphatic carbocycles. The van der Waals surface area contributed by atoms with Crippen molar-refractivity contribution in [2.24, 2.45) is 0 Å². The number of anilines is 1. The van der Waals surface area contributed by atoms with Crippen LogP contribution >= 0.6 is 11.8 Å². The van der Waals surface area contributed by atoms with Crippen LogP contribution < -0.4 is 10.1 Å². The van der Waals surface area contributed by atoms with Crippen LogP contribution in [-0.4, -0.2) is 34.1 Å². The van der Waals surface area contributed by atoms with E-state index in [9.17, 15) is 0 Å². The number of aryl methyl sites for hydroxylation is 1. The first-order chi connectivity index (χ1) is 9.09. The molecular weight excluding hydrogens is 258 g/mol. The van der Waals surface area contributed by atoms with E-state index >= 15 is 0 Å². The van der Waals surface area contributed by atoms with Gasteiger partial charge in [-0.1, -0.05) is 13.8 Å². The van der Waals surface area contributed by atoms with E-state index in [0.717, 1.165) is 31.0 Å². The molecule has 1 aromatic heterocycles. The molecule has 0 fully saturated rings. The van der Waals surface area contributed by atoms with E-state index in [1.807, 2.05) is 31.7 Å². The molecule has 19 heavy (non-hydrogen) atoms. The predicted octanol–water partition coefficient (Wildman–Crippen LogP) is 3.52. The van der Waals surface area contributed by atoms with E-state index in [-0.39, 0.29) is 4.75 Å². The zero-order valence-corrected chi connectivity index (χ0v) is 13.4. The van der Waals surface area contributed by atoms with Crippen molar-refractivity contribution < 1.29 is 4.74 Å². The third-order valence-electron chi connectivity index (χ3n) is 3.42. The Bertz CT molecular complexity index is 386. The normalized spacial score (nSPS) is 11.4. The van der Waals surface area contributed by atoms with E-state index in [4.69, 9.17) is 4.74 Å². The zero-order valence-electron chi connectivity index (χ0n) is 12.6. The number of ether oxygens (including phenoxy) is 1.